The van der Waals surface area contributed by atoms with E-state index >= 15 is 0 Å². The minimum absolute atomic E-state index is 0.0428. The van der Waals surface area contributed by atoms with Crippen molar-refractivity contribution in [3.63, 3.8) is 0 Å². The van der Waals surface area contributed by atoms with E-state index in [-0.39, 0.29) is 22.5 Å². The van der Waals surface area contributed by atoms with E-state index < -0.39 is 10.0 Å². The molecule has 3 N–H and O–H groups in total. The number of nitrogens with two attached hydrogens (primary N) is 1. The average molecular weight is 335 g/mol. The second-order valence-corrected chi connectivity index (χ2v) is 7.89. The van der Waals surface area contributed by atoms with Crippen molar-refractivity contribution in [2.24, 2.45) is 10.6 Å². The lowest BCUT2D eigenvalue weighted by Gasteiger charge is -2.61. The van der Waals surface area contributed by atoms with Gasteiger partial charge in [0.1, 0.15) is 6.07 Å². The van der Waals surface area contributed by atoms with Crippen molar-refractivity contribution in [2.45, 2.75) is 49.6 Å². The van der Waals surface area contributed by atoms with Crippen molar-refractivity contribution >= 4 is 15.7 Å². The summed E-state index contributed by atoms with van der Waals surface area (Å²) in [5.74, 6) is 0. The molecule has 2 aliphatic carbocycles. The van der Waals surface area contributed by atoms with Gasteiger partial charge < -0.3 is 10.1 Å². The minimum atomic E-state index is -3.80. The summed E-state index contributed by atoms with van der Waals surface area (Å²) in [7, 11) is -3.80. The summed E-state index contributed by atoms with van der Waals surface area (Å²) in [6, 6.07) is 6.69. The molecule has 2 fully saturated rings. The molecule has 2 atom stereocenters. The normalized spacial score (nSPS) is 25.3. The van der Waals surface area contributed by atoms with Crippen LogP contribution in [0.1, 0.15) is 38.2 Å². The van der Waals surface area contributed by atoms with Crippen LogP contribution in [0.25, 0.3) is 0 Å². The molecule has 0 heterocycles. The zero-order valence-corrected chi connectivity index (χ0v) is 13.9. The van der Waals surface area contributed by atoms with E-state index in [0.29, 0.717) is 17.9 Å². The van der Waals surface area contributed by atoms with E-state index in [1.54, 1.807) is 6.07 Å². The van der Waals surface area contributed by atoms with Crippen LogP contribution in [0, 0.1) is 16.7 Å². The maximum absolute atomic E-state index is 11.4. The molecule has 0 amide bonds. The first-order valence-corrected chi connectivity index (χ1v) is 9.40. The molecular weight excluding hydrogens is 314 g/mol. The lowest BCUT2D eigenvalue weighted by molar-refractivity contribution is -0.157. The SMILES string of the molecule is CCOC1CC(Nc2ccc(S(N)(=O)=O)cc2C#N)C12CCC2. The van der Waals surface area contributed by atoms with Crippen LogP contribution >= 0.6 is 0 Å². The fourth-order valence-corrected chi connectivity index (χ4v) is 4.29. The Labute approximate surface area is 136 Å². The molecular formula is C16H21N3O3S. The van der Waals surface area contributed by atoms with E-state index in [1.165, 1.54) is 18.6 Å². The Bertz CT molecular complexity index is 750. The number of ether oxygens (including phenoxy) is 1. The number of nitrogens with one attached hydrogen (secondary N) is 1. The summed E-state index contributed by atoms with van der Waals surface area (Å²) in [6.45, 7) is 2.72. The summed E-state index contributed by atoms with van der Waals surface area (Å²) >= 11 is 0. The first-order valence-electron chi connectivity index (χ1n) is 7.86. The highest BCUT2D eigenvalue weighted by Crippen LogP contribution is 2.58. The number of primary sulfonamides is 1. The Morgan fingerprint density at radius 1 is 1.48 bits per heavy atom. The summed E-state index contributed by atoms with van der Waals surface area (Å²) in [5.41, 5.74) is 1.12. The van der Waals surface area contributed by atoms with Crippen LogP contribution in [0.3, 0.4) is 0 Å². The standard InChI is InChI=1S/C16H21N3O3S/c1-2-22-15-9-14(16(15)6-3-7-16)19-13-5-4-12(23(18,20)21)8-11(13)10-17/h4-5,8,14-15,19H,2-3,6-7,9H2,1H3,(H2,18,20,21). The van der Waals surface area contributed by atoms with Gasteiger partial charge >= 0.3 is 0 Å². The first-order chi connectivity index (χ1) is 10.9. The molecule has 6 nitrogen and oxygen atoms in total. The third-order valence-corrected chi connectivity index (χ3v) is 6.12. The highest BCUT2D eigenvalue weighted by molar-refractivity contribution is 7.89. The third kappa shape index (κ3) is 2.71. The van der Waals surface area contributed by atoms with Crippen molar-refractivity contribution in [3.8, 4) is 6.07 Å². The Kier molecular flexibility index (Phi) is 4.08. The smallest absolute Gasteiger partial charge is 0.238 e. The number of benzene rings is 1. The van der Waals surface area contributed by atoms with Gasteiger partial charge in [-0.05, 0) is 44.4 Å². The van der Waals surface area contributed by atoms with Crippen molar-refractivity contribution in [3.05, 3.63) is 23.8 Å². The second-order valence-electron chi connectivity index (χ2n) is 6.33. The zero-order chi connectivity index (χ0) is 16.7. The molecule has 23 heavy (non-hydrogen) atoms. The predicted molar refractivity (Wildman–Crippen MR) is 86.3 cm³/mol. The van der Waals surface area contributed by atoms with Crippen molar-refractivity contribution in [2.75, 3.05) is 11.9 Å². The molecule has 124 valence electrons. The van der Waals surface area contributed by atoms with Crippen LogP contribution in [0.15, 0.2) is 23.1 Å². The molecule has 0 bridgehead atoms. The number of rotatable bonds is 5. The number of sulfonamides is 1. The van der Waals surface area contributed by atoms with Crippen LogP contribution in [0.2, 0.25) is 0 Å². The van der Waals surface area contributed by atoms with E-state index in [1.807, 2.05) is 13.0 Å². The Morgan fingerprint density at radius 2 is 2.22 bits per heavy atom. The summed E-state index contributed by atoms with van der Waals surface area (Å²) < 4.78 is 28.6. The van der Waals surface area contributed by atoms with Crippen molar-refractivity contribution in [1.82, 2.24) is 0 Å². The molecule has 0 radical (unpaired) electrons. The highest BCUT2D eigenvalue weighted by Gasteiger charge is 2.58. The molecule has 0 aromatic heterocycles. The lowest BCUT2D eigenvalue weighted by Crippen LogP contribution is -2.64. The zero-order valence-electron chi connectivity index (χ0n) is 13.1. The van der Waals surface area contributed by atoms with Crippen molar-refractivity contribution < 1.29 is 13.2 Å². The fourth-order valence-electron chi connectivity index (χ4n) is 3.75. The van der Waals surface area contributed by atoms with Gasteiger partial charge in [-0.25, -0.2) is 13.6 Å². The largest absolute Gasteiger partial charge is 0.380 e. The third-order valence-electron chi connectivity index (χ3n) is 5.21. The number of nitriles is 1. The number of hydrogen-bond acceptors (Lipinski definition) is 5. The summed E-state index contributed by atoms with van der Waals surface area (Å²) in [4.78, 5) is -0.0428. The lowest BCUT2D eigenvalue weighted by atomic mass is 9.51. The van der Waals surface area contributed by atoms with Gasteiger partial charge in [0.25, 0.3) is 0 Å². The molecule has 1 aromatic carbocycles. The maximum atomic E-state index is 11.4. The van der Waals surface area contributed by atoms with Gasteiger partial charge in [0.2, 0.25) is 10.0 Å². The molecule has 1 spiro atoms. The first kappa shape index (κ1) is 16.2. The molecule has 1 aromatic rings. The van der Waals surface area contributed by atoms with Crippen LogP contribution < -0.4 is 10.5 Å². The predicted octanol–water partition coefficient (Wildman–Crippen LogP) is 1.97. The van der Waals surface area contributed by atoms with Crippen LogP contribution in [0.4, 0.5) is 5.69 Å². The van der Waals surface area contributed by atoms with Gasteiger partial charge in [-0.3, -0.25) is 0 Å². The quantitative estimate of drug-likeness (QED) is 0.856. The monoisotopic (exact) mass is 335 g/mol. The molecule has 3 rings (SSSR count). The molecule has 0 aliphatic heterocycles. The van der Waals surface area contributed by atoms with Gasteiger partial charge in [-0.15, -0.1) is 0 Å². The molecule has 2 aliphatic rings. The van der Waals surface area contributed by atoms with Crippen LogP contribution in [-0.2, 0) is 14.8 Å². The fraction of sp³-hybridized carbons (Fsp3) is 0.562. The summed E-state index contributed by atoms with van der Waals surface area (Å²) in [6.07, 6.45) is 4.67. The van der Waals surface area contributed by atoms with Gasteiger partial charge in [0.15, 0.2) is 0 Å². The minimum Gasteiger partial charge on any atom is -0.380 e. The number of nitrogens with zero attached hydrogens (tertiary/aromatic N) is 1. The second kappa shape index (κ2) is 5.78. The van der Waals surface area contributed by atoms with Gasteiger partial charge in [0, 0.05) is 18.1 Å². The Morgan fingerprint density at radius 3 is 2.74 bits per heavy atom. The Balaban J connectivity index is 1.80. The number of hydrogen-bond donors (Lipinski definition) is 2. The summed E-state index contributed by atoms with van der Waals surface area (Å²) in [5, 5.41) is 17.8. The van der Waals surface area contributed by atoms with E-state index in [4.69, 9.17) is 9.88 Å². The maximum Gasteiger partial charge on any atom is 0.238 e. The van der Waals surface area contributed by atoms with E-state index in [0.717, 1.165) is 19.3 Å². The van der Waals surface area contributed by atoms with Crippen LogP contribution in [-0.4, -0.2) is 27.2 Å². The van der Waals surface area contributed by atoms with Gasteiger partial charge in [-0.2, -0.15) is 5.26 Å². The van der Waals surface area contributed by atoms with Gasteiger partial charge in [-0.1, -0.05) is 6.42 Å². The topological polar surface area (TPSA) is 105 Å². The Hall–Kier alpha value is -1.62. The van der Waals surface area contributed by atoms with E-state index in [2.05, 4.69) is 5.32 Å². The molecule has 0 saturated heterocycles. The molecule has 7 heteroatoms. The molecule has 2 saturated carbocycles. The van der Waals surface area contributed by atoms with Crippen LogP contribution in [0.5, 0.6) is 0 Å². The van der Waals surface area contributed by atoms with Gasteiger partial charge in [0.05, 0.1) is 22.3 Å². The van der Waals surface area contributed by atoms with E-state index in [9.17, 15) is 13.7 Å². The molecule has 2 unspecified atom stereocenters. The van der Waals surface area contributed by atoms with Crippen molar-refractivity contribution in [1.29, 1.82) is 5.26 Å². The average Bonchev–Trinajstić information content (AvgIpc) is 2.43. The number of anilines is 1. The highest BCUT2D eigenvalue weighted by atomic mass is 32.2.